The largest absolute Gasteiger partial charge is 0.371 e. The first-order valence-electron chi connectivity index (χ1n) is 4.90. The molecule has 4 heteroatoms. The van der Waals surface area contributed by atoms with Crippen molar-refractivity contribution in [1.82, 2.24) is 0 Å². The maximum atomic E-state index is 13.0. The molecule has 0 aliphatic carbocycles. The fourth-order valence-corrected chi connectivity index (χ4v) is 1.84. The Morgan fingerprint density at radius 2 is 2.00 bits per heavy atom. The lowest BCUT2D eigenvalue weighted by Gasteiger charge is -2.29. The SMILES string of the molecule is CCN1CCC(=O)c2cc(F)c(F)cc21. The molecule has 1 aliphatic heterocycles. The summed E-state index contributed by atoms with van der Waals surface area (Å²) in [4.78, 5) is 13.4. The van der Waals surface area contributed by atoms with Crippen molar-refractivity contribution in [1.29, 1.82) is 0 Å². The number of rotatable bonds is 1. The van der Waals surface area contributed by atoms with Crippen molar-refractivity contribution >= 4 is 11.5 Å². The summed E-state index contributed by atoms with van der Waals surface area (Å²) in [6.45, 7) is 3.18. The number of carbonyl (C=O) groups is 1. The summed E-state index contributed by atoms with van der Waals surface area (Å²) in [7, 11) is 0. The van der Waals surface area contributed by atoms with Crippen molar-refractivity contribution in [2.75, 3.05) is 18.0 Å². The highest BCUT2D eigenvalue weighted by molar-refractivity contribution is 6.03. The van der Waals surface area contributed by atoms with Crippen molar-refractivity contribution in [3.8, 4) is 0 Å². The number of Topliss-reactive ketones (excluding diaryl/α,β-unsaturated/α-hetero) is 1. The molecule has 0 unspecified atom stereocenters. The molecule has 1 aromatic rings. The normalized spacial score (nSPS) is 15.4. The third kappa shape index (κ3) is 1.60. The molecule has 0 radical (unpaired) electrons. The van der Waals surface area contributed by atoms with Crippen LogP contribution in [0.1, 0.15) is 23.7 Å². The molecule has 80 valence electrons. The van der Waals surface area contributed by atoms with Gasteiger partial charge in [-0.1, -0.05) is 0 Å². The topological polar surface area (TPSA) is 20.3 Å². The zero-order valence-corrected chi connectivity index (χ0v) is 8.39. The summed E-state index contributed by atoms with van der Waals surface area (Å²) in [5.74, 6) is -1.98. The second kappa shape index (κ2) is 3.61. The monoisotopic (exact) mass is 211 g/mol. The molecule has 0 saturated heterocycles. The van der Waals surface area contributed by atoms with Gasteiger partial charge in [0.15, 0.2) is 17.4 Å². The zero-order chi connectivity index (χ0) is 11.0. The highest BCUT2D eigenvalue weighted by Crippen LogP contribution is 2.28. The van der Waals surface area contributed by atoms with Crippen LogP contribution in [0, 0.1) is 11.6 Å². The number of ketones is 1. The van der Waals surface area contributed by atoms with Gasteiger partial charge in [-0.25, -0.2) is 8.78 Å². The second-order valence-electron chi connectivity index (χ2n) is 3.54. The van der Waals surface area contributed by atoms with Crippen molar-refractivity contribution in [2.24, 2.45) is 0 Å². The van der Waals surface area contributed by atoms with E-state index >= 15 is 0 Å². The highest BCUT2D eigenvalue weighted by atomic mass is 19.2. The third-order valence-electron chi connectivity index (χ3n) is 2.67. The molecule has 2 rings (SSSR count). The van der Waals surface area contributed by atoms with E-state index in [1.165, 1.54) is 0 Å². The number of benzene rings is 1. The van der Waals surface area contributed by atoms with Gasteiger partial charge in [0, 0.05) is 31.1 Å². The molecule has 15 heavy (non-hydrogen) atoms. The van der Waals surface area contributed by atoms with Gasteiger partial charge in [-0.3, -0.25) is 4.79 Å². The average molecular weight is 211 g/mol. The van der Waals surface area contributed by atoms with Crippen LogP contribution in [0.25, 0.3) is 0 Å². The molecule has 1 heterocycles. The zero-order valence-electron chi connectivity index (χ0n) is 8.39. The third-order valence-corrected chi connectivity index (χ3v) is 2.67. The summed E-state index contributed by atoms with van der Waals surface area (Å²) in [6.07, 6.45) is 0.367. The van der Waals surface area contributed by atoms with Gasteiger partial charge in [0.05, 0.1) is 5.69 Å². The minimum Gasteiger partial charge on any atom is -0.371 e. The van der Waals surface area contributed by atoms with E-state index in [9.17, 15) is 13.6 Å². The fraction of sp³-hybridized carbons (Fsp3) is 0.364. The summed E-state index contributed by atoms with van der Waals surface area (Å²) in [6, 6.07) is 2.10. The summed E-state index contributed by atoms with van der Waals surface area (Å²) >= 11 is 0. The molecule has 0 amide bonds. The molecule has 1 aliphatic rings. The summed E-state index contributed by atoms with van der Waals surface area (Å²) in [5.41, 5.74) is 0.801. The van der Waals surface area contributed by atoms with Gasteiger partial charge in [-0.2, -0.15) is 0 Å². The van der Waals surface area contributed by atoms with Crippen LogP contribution in [0.4, 0.5) is 14.5 Å². The maximum Gasteiger partial charge on any atom is 0.166 e. The lowest BCUT2D eigenvalue weighted by atomic mass is 10.00. The van der Waals surface area contributed by atoms with E-state index < -0.39 is 11.6 Å². The maximum absolute atomic E-state index is 13.0. The van der Waals surface area contributed by atoms with Crippen LogP contribution in [0.5, 0.6) is 0 Å². The predicted molar refractivity (Wildman–Crippen MR) is 53.2 cm³/mol. The number of nitrogens with zero attached hydrogens (tertiary/aromatic N) is 1. The van der Waals surface area contributed by atoms with Gasteiger partial charge in [0.2, 0.25) is 0 Å². The molecule has 0 bridgehead atoms. The van der Waals surface area contributed by atoms with Crippen LogP contribution in [0.15, 0.2) is 12.1 Å². The molecule has 0 saturated carbocycles. The van der Waals surface area contributed by atoms with Crippen LogP contribution in [-0.4, -0.2) is 18.9 Å². The van der Waals surface area contributed by atoms with Crippen LogP contribution in [0.3, 0.4) is 0 Å². The van der Waals surface area contributed by atoms with Crippen LogP contribution < -0.4 is 4.90 Å². The fourth-order valence-electron chi connectivity index (χ4n) is 1.84. The van der Waals surface area contributed by atoms with Gasteiger partial charge >= 0.3 is 0 Å². The number of anilines is 1. The van der Waals surface area contributed by atoms with Crippen LogP contribution in [0.2, 0.25) is 0 Å². The van der Waals surface area contributed by atoms with E-state index in [0.29, 0.717) is 30.8 Å². The number of fused-ring (bicyclic) bond motifs is 1. The van der Waals surface area contributed by atoms with Crippen molar-refractivity contribution < 1.29 is 13.6 Å². The average Bonchev–Trinajstić information content (AvgIpc) is 2.22. The lowest BCUT2D eigenvalue weighted by molar-refractivity contribution is 0.0979. The molecule has 0 N–H and O–H groups in total. The quantitative estimate of drug-likeness (QED) is 0.710. The molecule has 0 aromatic heterocycles. The Kier molecular flexibility index (Phi) is 2.42. The van der Waals surface area contributed by atoms with Crippen molar-refractivity contribution in [2.45, 2.75) is 13.3 Å². The van der Waals surface area contributed by atoms with Crippen LogP contribution in [-0.2, 0) is 0 Å². The van der Waals surface area contributed by atoms with E-state index in [0.717, 1.165) is 12.1 Å². The van der Waals surface area contributed by atoms with Gasteiger partial charge in [-0.15, -0.1) is 0 Å². The summed E-state index contributed by atoms with van der Waals surface area (Å²) in [5, 5.41) is 0. The highest BCUT2D eigenvalue weighted by Gasteiger charge is 2.24. The molecule has 1 aromatic carbocycles. The Labute approximate surface area is 86.5 Å². The van der Waals surface area contributed by atoms with Gasteiger partial charge in [0.25, 0.3) is 0 Å². The standard InChI is InChI=1S/C11H11F2NO/c1-2-14-4-3-11(15)7-5-8(12)9(13)6-10(7)14/h5-6H,2-4H2,1H3. The van der Waals surface area contributed by atoms with E-state index in [4.69, 9.17) is 0 Å². The van der Waals surface area contributed by atoms with Gasteiger partial charge in [0.1, 0.15) is 0 Å². The Morgan fingerprint density at radius 3 is 2.67 bits per heavy atom. The van der Waals surface area contributed by atoms with Crippen molar-refractivity contribution in [3.63, 3.8) is 0 Å². The van der Waals surface area contributed by atoms with Crippen molar-refractivity contribution in [3.05, 3.63) is 29.3 Å². The Hall–Kier alpha value is -1.45. The van der Waals surface area contributed by atoms with Gasteiger partial charge < -0.3 is 4.90 Å². The number of carbonyl (C=O) groups excluding carboxylic acids is 1. The minimum atomic E-state index is -0.958. The second-order valence-corrected chi connectivity index (χ2v) is 3.54. The first kappa shape index (κ1) is 10.1. The predicted octanol–water partition coefficient (Wildman–Crippen LogP) is 2.38. The number of hydrogen-bond acceptors (Lipinski definition) is 2. The van der Waals surface area contributed by atoms with E-state index in [2.05, 4.69) is 0 Å². The molecule has 0 atom stereocenters. The minimum absolute atomic E-state index is 0.117. The van der Waals surface area contributed by atoms with E-state index in [1.54, 1.807) is 0 Å². The molecule has 0 spiro atoms. The lowest BCUT2D eigenvalue weighted by Crippen LogP contribution is -2.32. The molecule has 0 fully saturated rings. The Bertz CT molecular complexity index is 417. The van der Waals surface area contributed by atoms with Gasteiger partial charge in [-0.05, 0) is 13.0 Å². The Morgan fingerprint density at radius 1 is 1.33 bits per heavy atom. The first-order chi connectivity index (χ1) is 7.13. The van der Waals surface area contributed by atoms with E-state index in [-0.39, 0.29) is 5.78 Å². The smallest absolute Gasteiger partial charge is 0.166 e. The molecule has 2 nitrogen and oxygen atoms in total. The van der Waals surface area contributed by atoms with E-state index in [1.807, 2.05) is 11.8 Å². The number of hydrogen-bond donors (Lipinski definition) is 0. The molecular weight excluding hydrogens is 200 g/mol. The molecular formula is C11H11F2NO. The summed E-state index contributed by atoms with van der Waals surface area (Å²) < 4.78 is 26.0. The van der Waals surface area contributed by atoms with Crippen LogP contribution >= 0.6 is 0 Å². The first-order valence-corrected chi connectivity index (χ1v) is 4.90. The Balaban J connectivity index is 2.57. The number of halogens is 2.